The van der Waals surface area contributed by atoms with E-state index in [0.717, 1.165) is 5.56 Å². The Balaban J connectivity index is 1.63. The Morgan fingerprint density at radius 2 is 1.80 bits per heavy atom. The van der Waals surface area contributed by atoms with Gasteiger partial charge in [-0.25, -0.2) is 12.7 Å². The first-order valence-electron chi connectivity index (χ1n) is 9.57. The first kappa shape index (κ1) is 22.9. The Bertz CT molecular complexity index is 1020. The molecule has 3 rings (SSSR count). The third-order valence-corrected chi connectivity index (χ3v) is 7.73. The molecule has 1 heterocycles. The number of aryl methyl sites for hydroxylation is 1. The van der Waals surface area contributed by atoms with Crippen molar-refractivity contribution in [3.8, 4) is 5.75 Å². The number of sulfonamides is 1. The summed E-state index contributed by atoms with van der Waals surface area (Å²) >= 11 is 12.2. The number of nitrogens with zero attached hydrogens (tertiary/aromatic N) is 1. The summed E-state index contributed by atoms with van der Waals surface area (Å²) in [7, 11) is -2.04. The van der Waals surface area contributed by atoms with Crippen LogP contribution in [0.3, 0.4) is 0 Å². The third-order valence-electron chi connectivity index (χ3n) is 5.22. The maximum atomic E-state index is 12.8. The number of hydrogen-bond donors (Lipinski definition) is 1. The maximum Gasteiger partial charge on any atom is 0.227 e. The second kappa shape index (κ2) is 9.56. The van der Waals surface area contributed by atoms with Crippen LogP contribution < -0.4 is 10.1 Å². The van der Waals surface area contributed by atoms with Gasteiger partial charge in [-0.2, -0.15) is 0 Å². The van der Waals surface area contributed by atoms with Gasteiger partial charge in [-0.05, 0) is 49.6 Å². The van der Waals surface area contributed by atoms with E-state index in [1.54, 1.807) is 31.4 Å². The molecule has 1 aliphatic rings. The molecule has 1 amide bonds. The van der Waals surface area contributed by atoms with E-state index >= 15 is 0 Å². The molecule has 0 unspecified atom stereocenters. The van der Waals surface area contributed by atoms with E-state index in [1.165, 1.54) is 4.31 Å². The van der Waals surface area contributed by atoms with Gasteiger partial charge in [0.25, 0.3) is 0 Å². The molecule has 1 aliphatic heterocycles. The van der Waals surface area contributed by atoms with Crippen LogP contribution >= 0.6 is 23.2 Å². The van der Waals surface area contributed by atoms with Crippen LogP contribution in [-0.2, 0) is 20.6 Å². The Kier molecular flexibility index (Phi) is 7.29. The lowest BCUT2D eigenvalue weighted by Crippen LogP contribution is -2.42. The van der Waals surface area contributed by atoms with Gasteiger partial charge in [0.15, 0.2) is 0 Å². The van der Waals surface area contributed by atoms with Gasteiger partial charge in [0, 0.05) is 34.6 Å². The number of ether oxygens (including phenoxy) is 1. The fourth-order valence-corrected chi connectivity index (χ4v) is 5.81. The maximum absolute atomic E-state index is 12.8. The lowest BCUT2D eigenvalue weighted by Gasteiger charge is -2.31. The van der Waals surface area contributed by atoms with Crippen molar-refractivity contribution in [2.24, 2.45) is 5.92 Å². The van der Waals surface area contributed by atoms with E-state index < -0.39 is 10.0 Å². The van der Waals surface area contributed by atoms with Crippen LogP contribution in [0.15, 0.2) is 36.4 Å². The van der Waals surface area contributed by atoms with Crippen molar-refractivity contribution in [1.82, 2.24) is 4.31 Å². The number of halogens is 2. The molecule has 0 spiro atoms. The highest BCUT2D eigenvalue weighted by molar-refractivity contribution is 7.88. The average molecular weight is 471 g/mol. The summed E-state index contributed by atoms with van der Waals surface area (Å²) < 4.78 is 32.4. The number of anilines is 1. The summed E-state index contributed by atoms with van der Waals surface area (Å²) in [5.41, 5.74) is 2.02. The van der Waals surface area contributed by atoms with Crippen molar-refractivity contribution in [3.63, 3.8) is 0 Å². The number of rotatable bonds is 6. The molecule has 0 aliphatic carbocycles. The van der Waals surface area contributed by atoms with Crippen molar-refractivity contribution in [2.45, 2.75) is 25.5 Å². The minimum atomic E-state index is -3.59. The molecule has 0 aromatic heterocycles. The summed E-state index contributed by atoms with van der Waals surface area (Å²) in [6, 6.07) is 10.5. The largest absolute Gasteiger partial charge is 0.495 e. The van der Waals surface area contributed by atoms with Crippen molar-refractivity contribution in [3.05, 3.63) is 57.6 Å². The molecule has 1 fully saturated rings. The second-order valence-electron chi connectivity index (χ2n) is 7.32. The van der Waals surface area contributed by atoms with Crippen molar-refractivity contribution in [2.75, 3.05) is 25.5 Å². The van der Waals surface area contributed by atoms with Crippen LogP contribution in [0.25, 0.3) is 0 Å². The summed E-state index contributed by atoms with van der Waals surface area (Å²) in [6.45, 7) is 2.48. The number of methoxy groups -OCH3 is 1. The van der Waals surface area contributed by atoms with Gasteiger partial charge in [0.1, 0.15) is 5.75 Å². The zero-order valence-corrected chi connectivity index (χ0v) is 19.1. The Morgan fingerprint density at radius 1 is 1.17 bits per heavy atom. The van der Waals surface area contributed by atoms with Crippen LogP contribution in [0, 0.1) is 12.8 Å². The molecular formula is C21H24Cl2N2O4S. The molecule has 2 aromatic rings. The van der Waals surface area contributed by atoms with Gasteiger partial charge in [-0.1, -0.05) is 35.3 Å². The fraction of sp³-hybridized carbons (Fsp3) is 0.381. The van der Waals surface area contributed by atoms with Gasteiger partial charge >= 0.3 is 0 Å². The quantitative estimate of drug-likeness (QED) is 0.674. The summed E-state index contributed by atoms with van der Waals surface area (Å²) in [4.78, 5) is 12.7. The summed E-state index contributed by atoms with van der Waals surface area (Å²) in [5, 5.41) is 3.57. The molecule has 30 heavy (non-hydrogen) atoms. The topological polar surface area (TPSA) is 75.7 Å². The highest BCUT2D eigenvalue weighted by atomic mass is 35.5. The zero-order chi connectivity index (χ0) is 21.9. The number of nitrogens with one attached hydrogen (secondary N) is 1. The lowest BCUT2D eigenvalue weighted by atomic mass is 9.97. The highest BCUT2D eigenvalue weighted by Gasteiger charge is 2.32. The van der Waals surface area contributed by atoms with Crippen LogP contribution in [-0.4, -0.2) is 38.8 Å². The predicted octanol–water partition coefficient (Wildman–Crippen LogP) is 4.49. The predicted molar refractivity (Wildman–Crippen MR) is 120 cm³/mol. The number of carbonyl (C=O) groups is 1. The van der Waals surface area contributed by atoms with Crippen LogP contribution in [0.5, 0.6) is 5.75 Å². The molecule has 6 nitrogen and oxygen atoms in total. The van der Waals surface area contributed by atoms with E-state index in [9.17, 15) is 13.2 Å². The SMILES string of the molecule is COc1ccc(C)cc1NC(=O)C1CCN(S(=O)(=O)Cc2c(Cl)cccc2Cl)CC1. The molecule has 0 radical (unpaired) electrons. The number of hydrogen-bond acceptors (Lipinski definition) is 4. The average Bonchev–Trinajstić information content (AvgIpc) is 2.71. The van der Waals surface area contributed by atoms with Crippen molar-refractivity contribution in [1.29, 1.82) is 0 Å². The molecule has 162 valence electrons. The zero-order valence-electron chi connectivity index (χ0n) is 16.8. The number of carbonyl (C=O) groups excluding carboxylic acids is 1. The van der Waals surface area contributed by atoms with E-state index in [-0.39, 0.29) is 30.7 Å². The van der Waals surface area contributed by atoms with Gasteiger partial charge in [0.2, 0.25) is 15.9 Å². The number of benzene rings is 2. The van der Waals surface area contributed by atoms with Crippen LogP contribution in [0.2, 0.25) is 10.0 Å². The molecular weight excluding hydrogens is 447 g/mol. The third kappa shape index (κ3) is 5.27. The van der Waals surface area contributed by atoms with Gasteiger partial charge in [-0.3, -0.25) is 4.79 Å². The highest BCUT2D eigenvalue weighted by Crippen LogP contribution is 2.30. The minimum absolute atomic E-state index is 0.134. The van der Waals surface area contributed by atoms with E-state index in [2.05, 4.69) is 5.32 Å². The van der Waals surface area contributed by atoms with Gasteiger partial charge in [-0.15, -0.1) is 0 Å². The second-order valence-corrected chi connectivity index (χ2v) is 10.1. The molecule has 0 atom stereocenters. The monoisotopic (exact) mass is 470 g/mol. The normalized spacial score (nSPS) is 15.7. The van der Waals surface area contributed by atoms with Crippen LogP contribution in [0.1, 0.15) is 24.0 Å². The smallest absolute Gasteiger partial charge is 0.227 e. The molecule has 1 saturated heterocycles. The Morgan fingerprint density at radius 3 is 2.40 bits per heavy atom. The Hall–Kier alpha value is -1.80. The van der Waals surface area contributed by atoms with Crippen molar-refractivity contribution >= 4 is 44.8 Å². The van der Waals surface area contributed by atoms with Gasteiger partial charge < -0.3 is 10.1 Å². The van der Waals surface area contributed by atoms with E-state index in [4.69, 9.17) is 27.9 Å². The molecule has 0 saturated carbocycles. The first-order valence-corrected chi connectivity index (χ1v) is 11.9. The lowest BCUT2D eigenvalue weighted by molar-refractivity contribution is -0.120. The summed E-state index contributed by atoms with van der Waals surface area (Å²) in [6.07, 6.45) is 0.880. The van der Waals surface area contributed by atoms with Gasteiger partial charge in [0.05, 0.1) is 18.6 Å². The van der Waals surface area contributed by atoms with Crippen molar-refractivity contribution < 1.29 is 17.9 Å². The summed E-state index contributed by atoms with van der Waals surface area (Å²) in [5.74, 6) is -0.0793. The molecule has 2 aromatic carbocycles. The fourth-order valence-electron chi connectivity index (χ4n) is 3.49. The van der Waals surface area contributed by atoms with E-state index in [0.29, 0.717) is 39.9 Å². The minimum Gasteiger partial charge on any atom is -0.495 e. The number of amides is 1. The molecule has 9 heteroatoms. The van der Waals surface area contributed by atoms with Crippen LogP contribution in [0.4, 0.5) is 5.69 Å². The number of piperidine rings is 1. The first-order chi connectivity index (χ1) is 14.2. The Labute approximate surface area is 187 Å². The molecule has 0 bridgehead atoms. The van der Waals surface area contributed by atoms with E-state index in [1.807, 2.05) is 19.1 Å². The molecule has 1 N–H and O–H groups in total. The standard InChI is InChI=1S/C21H24Cl2N2O4S/c1-14-6-7-20(29-2)19(12-14)24-21(26)15-8-10-25(11-9-15)30(27,28)13-16-17(22)4-3-5-18(16)23/h3-7,12,15H,8-11,13H2,1-2H3,(H,24,26).